The molecular weight excluding hydrogens is 170 g/mol. The summed E-state index contributed by atoms with van der Waals surface area (Å²) < 4.78 is 0. The van der Waals surface area contributed by atoms with Crippen molar-refractivity contribution in [1.82, 2.24) is 5.32 Å². The maximum Gasteiger partial charge on any atom is -0.00205 e. The van der Waals surface area contributed by atoms with E-state index >= 15 is 0 Å². The first-order valence-corrected chi connectivity index (χ1v) is 6.66. The van der Waals surface area contributed by atoms with Crippen molar-refractivity contribution in [1.29, 1.82) is 0 Å². The molecule has 2 saturated carbocycles. The van der Waals surface area contributed by atoms with Gasteiger partial charge in [0.2, 0.25) is 0 Å². The Bertz CT molecular complexity index is 145. The third kappa shape index (κ3) is 3.27. The molecule has 2 aliphatic rings. The topological polar surface area (TPSA) is 12.0 Å². The normalized spacial score (nSPS) is 24.9. The van der Waals surface area contributed by atoms with Crippen LogP contribution >= 0.6 is 0 Å². The van der Waals surface area contributed by atoms with Gasteiger partial charge < -0.3 is 5.32 Å². The lowest BCUT2D eigenvalue weighted by Crippen LogP contribution is -2.29. The van der Waals surface area contributed by atoms with Crippen molar-refractivity contribution >= 4 is 0 Å². The van der Waals surface area contributed by atoms with E-state index in [-0.39, 0.29) is 0 Å². The molecule has 14 heavy (non-hydrogen) atoms. The molecule has 0 heterocycles. The van der Waals surface area contributed by atoms with Gasteiger partial charge in [0.15, 0.2) is 0 Å². The molecule has 82 valence electrons. The molecule has 0 unspecified atom stereocenters. The van der Waals surface area contributed by atoms with Gasteiger partial charge in [-0.25, -0.2) is 0 Å². The molecule has 0 bridgehead atoms. The van der Waals surface area contributed by atoms with E-state index in [2.05, 4.69) is 5.32 Å². The molecule has 1 heteroatoms. The number of hydrogen-bond acceptors (Lipinski definition) is 1. The minimum atomic E-state index is 1.03. The van der Waals surface area contributed by atoms with E-state index in [9.17, 15) is 0 Å². The fraction of sp³-hybridized carbons (Fsp3) is 1.00. The van der Waals surface area contributed by atoms with E-state index in [4.69, 9.17) is 0 Å². The predicted molar refractivity (Wildman–Crippen MR) is 61.4 cm³/mol. The average Bonchev–Trinajstić information content (AvgIpc) is 2.16. The summed E-state index contributed by atoms with van der Waals surface area (Å²) in [5.74, 6) is 2.08. The van der Waals surface area contributed by atoms with Gasteiger partial charge in [0.05, 0.1) is 0 Å². The van der Waals surface area contributed by atoms with E-state index < -0.39 is 0 Å². The van der Waals surface area contributed by atoms with E-state index in [0.717, 1.165) is 11.8 Å². The molecule has 0 aliphatic heterocycles. The van der Waals surface area contributed by atoms with Gasteiger partial charge in [0, 0.05) is 0 Å². The third-order valence-electron chi connectivity index (χ3n) is 4.11. The molecular formula is C13H25N. The van der Waals surface area contributed by atoms with Gasteiger partial charge in [-0.1, -0.05) is 38.5 Å². The Morgan fingerprint density at radius 1 is 0.786 bits per heavy atom. The van der Waals surface area contributed by atoms with Crippen LogP contribution in [0.2, 0.25) is 0 Å². The lowest BCUT2D eigenvalue weighted by Gasteiger charge is -2.26. The van der Waals surface area contributed by atoms with Crippen molar-refractivity contribution in [2.24, 2.45) is 11.8 Å². The fourth-order valence-corrected chi connectivity index (χ4v) is 2.79. The van der Waals surface area contributed by atoms with Crippen LogP contribution in [-0.2, 0) is 0 Å². The maximum atomic E-state index is 3.63. The smallest absolute Gasteiger partial charge is 0.00205 e. The molecule has 0 aromatic carbocycles. The molecule has 0 spiro atoms. The highest BCUT2D eigenvalue weighted by Gasteiger charge is 2.17. The molecule has 1 N–H and O–H groups in total. The zero-order valence-corrected chi connectivity index (χ0v) is 9.43. The van der Waals surface area contributed by atoms with Crippen molar-refractivity contribution in [2.45, 2.75) is 57.8 Å². The van der Waals surface area contributed by atoms with Gasteiger partial charge in [-0.15, -0.1) is 0 Å². The van der Waals surface area contributed by atoms with E-state index in [1.54, 1.807) is 0 Å². The van der Waals surface area contributed by atoms with Gasteiger partial charge in [0.25, 0.3) is 0 Å². The lowest BCUT2D eigenvalue weighted by atomic mass is 9.85. The second kappa shape index (κ2) is 5.75. The Morgan fingerprint density at radius 2 is 1.50 bits per heavy atom. The van der Waals surface area contributed by atoms with Crippen LogP contribution in [0, 0.1) is 11.8 Å². The molecule has 1 nitrogen and oxygen atoms in total. The highest BCUT2D eigenvalue weighted by molar-refractivity contribution is 4.72. The van der Waals surface area contributed by atoms with Gasteiger partial charge in [-0.05, 0) is 44.2 Å². The van der Waals surface area contributed by atoms with Crippen LogP contribution in [0.1, 0.15) is 57.8 Å². The fourth-order valence-electron chi connectivity index (χ4n) is 2.79. The molecule has 2 rings (SSSR count). The lowest BCUT2D eigenvalue weighted by molar-refractivity contribution is 0.288. The van der Waals surface area contributed by atoms with E-state index in [1.807, 2.05) is 0 Å². The van der Waals surface area contributed by atoms with Crippen LogP contribution in [0.4, 0.5) is 0 Å². The molecule has 0 atom stereocenters. The summed E-state index contributed by atoms with van der Waals surface area (Å²) in [7, 11) is 0. The van der Waals surface area contributed by atoms with Crippen molar-refractivity contribution in [2.75, 3.05) is 13.1 Å². The molecule has 0 saturated heterocycles. The van der Waals surface area contributed by atoms with E-state index in [0.29, 0.717) is 0 Å². The standard InChI is InChI=1S/C13H25N/c1-2-5-12(6-3-1)9-10-14-11-13-7-4-8-13/h12-14H,1-11H2. The first-order valence-electron chi connectivity index (χ1n) is 6.66. The summed E-state index contributed by atoms with van der Waals surface area (Å²) >= 11 is 0. The second-order valence-electron chi connectivity index (χ2n) is 5.29. The van der Waals surface area contributed by atoms with Crippen LogP contribution < -0.4 is 5.32 Å². The first kappa shape index (κ1) is 10.5. The van der Waals surface area contributed by atoms with Crippen LogP contribution in [-0.4, -0.2) is 13.1 Å². The van der Waals surface area contributed by atoms with Gasteiger partial charge in [-0.2, -0.15) is 0 Å². The van der Waals surface area contributed by atoms with Gasteiger partial charge in [-0.3, -0.25) is 0 Å². The third-order valence-corrected chi connectivity index (χ3v) is 4.11. The Morgan fingerprint density at radius 3 is 2.14 bits per heavy atom. The number of nitrogens with one attached hydrogen (secondary N) is 1. The quantitative estimate of drug-likeness (QED) is 0.663. The molecule has 0 aromatic heterocycles. The van der Waals surface area contributed by atoms with E-state index in [1.165, 1.54) is 70.9 Å². The average molecular weight is 195 g/mol. The first-order chi connectivity index (χ1) is 6.95. The highest BCUT2D eigenvalue weighted by Crippen LogP contribution is 2.27. The Kier molecular flexibility index (Phi) is 4.30. The zero-order valence-electron chi connectivity index (χ0n) is 9.43. The number of rotatable bonds is 5. The minimum Gasteiger partial charge on any atom is -0.316 e. The summed E-state index contributed by atoms with van der Waals surface area (Å²) in [6.07, 6.45) is 13.4. The largest absolute Gasteiger partial charge is 0.316 e. The summed E-state index contributed by atoms with van der Waals surface area (Å²) in [6, 6.07) is 0. The Labute approximate surface area is 88.7 Å². The van der Waals surface area contributed by atoms with Crippen LogP contribution in [0.25, 0.3) is 0 Å². The maximum absolute atomic E-state index is 3.63. The summed E-state index contributed by atoms with van der Waals surface area (Å²) in [6.45, 7) is 2.58. The molecule has 2 fully saturated rings. The second-order valence-corrected chi connectivity index (χ2v) is 5.29. The SMILES string of the molecule is C1CCC(CCNCC2CCC2)CC1. The summed E-state index contributed by atoms with van der Waals surface area (Å²) in [5.41, 5.74) is 0. The minimum absolute atomic E-state index is 1.03. The van der Waals surface area contributed by atoms with Gasteiger partial charge >= 0.3 is 0 Å². The van der Waals surface area contributed by atoms with Crippen molar-refractivity contribution in [3.8, 4) is 0 Å². The number of hydrogen-bond donors (Lipinski definition) is 1. The predicted octanol–water partition coefficient (Wildman–Crippen LogP) is 3.35. The summed E-state index contributed by atoms with van der Waals surface area (Å²) in [5, 5.41) is 3.63. The highest BCUT2D eigenvalue weighted by atomic mass is 14.9. The van der Waals surface area contributed by atoms with Crippen molar-refractivity contribution in [3.05, 3.63) is 0 Å². The molecule has 0 aromatic rings. The van der Waals surface area contributed by atoms with Crippen LogP contribution in [0.5, 0.6) is 0 Å². The molecule has 2 aliphatic carbocycles. The van der Waals surface area contributed by atoms with Crippen molar-refractivity contribution < 1.29 is 0 Å². The summed E-state index contributed by atoms with van der Waals surface area (Å²) in [4.78, 5) is 0. The van der Waals surface area contributed by atoms with Crippen molar-refractivity contribution in [3.63, 3.8) is 0 Å². The Hall–Kier alpha value is -0.0400. The monoisotopic (exact) mass is 195 g/mol. The Balaban J connectivity index is 1.45. The molecule has 0 radical (unpaired) electrons. The van der Waals surface area contributed by atoms with Gasteiger partial charge in [0.1, 0.15) is 0 Å². The van der Waals surface area contributed by atoms with Crippen LogP contribution in [0.15, 0.2) is 0 Å². The zero-order chi connectivity index (χ0) is 9.64. The van der Waals surface area contributed by atoms with Crippen LogP contribution in [0.3, 0.4) is 0 Å². The molecule has 0 amide bonds.